The number of hydrogen-bond acceptors (Lipinski definition) is 4. The average Bonchev–Trinajstić information content (AvgIpc) is 2.55. The number of nitrogens with zero attached hydrogens (tertiary/aromatic N) is 4. The van der Waals surface area contributed by atoms with Gasteiger partial charge in [0.25, 0.3) is 0 Å². The Bertz CT molecular complexity index is 482. The average molecular weight is 288 g/mol. The van der Waals surface area contributed by atoms with Crippen molar-refractivity contribution in [2.45, 2.75) is 51.5 Å². The number of carbonyl (C=O) groups excluding carboxylic acids is 1. The minimum absolute atomic E-state index is 0.233. The van der Waals surface area contributed by atoms with E-state index in [0.29, 0.717) is 18.5 Å². The van der Waals surface area contributed by atoms with Gasteiger partial charge in [-0.15, -0.1) is 0 Å². The molecule has 2 aliphatic rings. The molecule has 0 aromatic carbocycles. The summed E-state index contributed by atoms with van der Waals surface area (Å²) in [5.41, 5.74) is 1.13. The summed E-state index contributed by atoms with van der Waals surface area (Å²) in [6, 6.07) is 0.469. The van der Waals surface area contributed by atoms with E-state index in [9.17, 15) is 4.79 Å². The Morgan fingerprint density at radius 2 is 1.86 bits per heavy atom. The van der Waals surface area contributed by atoms with Crippen molar-refractivity contribution in [3.05, 3.63) is 18.0 Å². The molecule has 2 fully saturated rings. The van der Waals surface area contributed by atoms with Crippen LogP contribution in [0.1, 0.15) is 44.6 Å². The molecule has 1 aromatic heterocycles. The summed E-state index contributed by atoms with van der Waals surface area (Å²) < 4.78 is 0. The molecule has 0 N–H and O–H groups in total. The number of amides is 1. The Hall–Kier alpha value is -1.65. The SMILES string of the molecule is CCc1cnc(N2CCN(C3CCCCC3)C(=O)C2)nc1. The summed E-state index contributed by atoms with van der Waals surface area (Å²) in [5, 5.41) is 0. The number of anilines is 1. The fraction of sp³-hybridized carbons (Fsp3) is 0.688. The fourth-order valence-electron chi connectivity index (χ4n) is 3.33. The van der Waals surface area contributed by atoms with Gasteiger partial charge >= 0.3 is 0 Å². The monoisotopic (exact) mass is 288 g/mol. The van der Waals surface area contributed by atoms with Gasteiger partial charge in [0.15, 0.2) is 0 Å². The first kappa shape index (κ1) is 14.3. The van der Waals surface area contributed by atoms with Crippen molar-refractivity contribution in [1.29, 1.82) is 0 Å². The van der Waals surface area contributed by atoms with Crippen molar-refractivity contribution in [2.75, 3.05) is 24.5 Å². The predicted molar refractivity (Wildman–Crippen MR) is 82.2 cm³/mol. The van der Waals surface area contributed by atoms with Crippen LogP contribution >= 0.6 is 0 Å². The zero-order valence-corrected chi connectivity index (χ0v) is 12.8. The summed E-state index contributed by atoms with van der Waals surface area (Å²) in [6.07, 6.45) is 10.9. The summed E-state index contributed by atoms with van der Waals surface area (Å²) in [4.78, 5) is 25.3. The van der Waals surface area contributed by atoms with E-state index in [-0.39, 0.29) is 5.91 Å². The number of piperazine rings is 1. The number of aromatic nitrogens is 2. The third kappa shape index (κ3) is 3.17. The van der Waals surface area contributed by atoms with E-state index in [1.165, 1.54) is 32.1 Å². The molecule has 2 heterocycles. The molecule has 0 spiro atoms. The standard InChI is InChI=1S/C16H24N4O/c1-2-13-10-17-16(18-11-13)19-8-9-20(15(21)12-19)14-6-4-3-5-7-14/h10-11,14H,2-9,12H2,1H3. The number of carbonyl (C=O) groups is 1. The zero-order valence-electron chi connectivity index (χ0n) is 12.8. The number of rotatable bonds is 3. The number of aryl methyl sites for hydroxylation is 1. The normalized spacial score (nSPS) is 20.9. The molecule has 3 rings (SSSR count). The Labute approximate surface area is 126 Å². The van der Waals surface area contributed by atoms with Gasteiger partial charge in [0.1, 0.15) is 6.54 Å². The second kappa shape index (κ2) is 6.41. The molecule has 1 saturated heterocycles. The molecule has 0 radical (unpaired) electrons. The van der Waals surface area contributed by atoms with Crippen LogP contribution in [-0.4, -0.2) is 46.5 Å². The van der Waals surface area contributed by atoms with Gasteiger partial charge in [-0.05, 0) is 24.8 Å². The van der Waals surface area contributed by atoms with E-state index in [0.717, 1.165) is 25.1 Å². The molecule has 1 saturated carbocycles. The Morgan fingerprint density at radius 3 is 2.48 bits per heavy atom. The van der Waals surface area contributed by atoms with Gasteiger partial charge in [0.2, 0.25) is 11.9 Å². The summed E-state index contributed by atoms with van der Waals surface area (Å²) in [7, 11) is 0. The Morgan fingerprint density at radius 1 is 1.14 bits per heavy atom. The molecule has 1 aliphatic heterocycles. The highest BCUT2D eigenvalue weighted by atomic mass is 16.2. The van der Waals surface area contributed by atoms with Gasteiger partial charge in [-0.2, -0.15) is 0 Å². The largest absolute Gasteiger partial charge is 0.336 e. The molecule has 0 atom stereocenters. The second-order valence-corrected chi connectivity index (χ2v) is 6.05. The molecule has 21 heavy (non-hydrogen) atoms. The van der Waals surface area contributed by atoms with Crippen molar-refractivity contribution in [1.82, 2.24) is 14.9 Å². The first-order valence-corrected chi connectivity index (χ1v) is 8.13. The molecule has 0 unspecified atom stereocenters. The summed E-state index contributed by atoms with van der Waals surface area (Å²) in [5.74, 6) is 0.917. The van der Waals surface area contributed by atoms with E-state index in [1.54, 1.807) is 0 Å². The molecular formula is C16H24N4O. The predicted octanol–water partition coefficient (Wildman–Crippen LogP) is 2.02. The quantitative estimate of drug-likeness (QED) is 0.854. The molecule has 1 aliphatic carbocycles. The molecular weight excluding hydrogens is 264 g/mol. The van der Waals surface area contributed by atoms with Gasteiger partial charge in [0.05, 0.1) is 0 Å². The highest BCUT2D eigenvalue weighted by molar-refractivity contribution is 5.82. The minimum atomic E-state index is 0.233. The maximum atomic E-state index is 12.4. The number of hydrogen-bond donors (Lipinski definition) is 0. The molecule has 0 bridgehead atoms. The lowest BCUT2D eigenvalue weighted by atomic mass is 9.93. The van der Waals surface area contributed by atoms with Crippen LogP contribution in [0.5, 0.6) is 0 Å². The van der Waals surface area contributed by atoms with Crippen molar-refractivity contribution in [3.8, 4) is 0 Å². The van der Waals surface area contributed by atoms with E-state index in [2.05, 4.69) is 21.8 Å². The third-order valence-corrected chi connectivity index (χ3v) is 4.66. The van der Waals surface area contributed by atoms with Crippen LogP contribution in [0.15, 0.2) is 12.4 Å². The lowest BCUT2D eigenvalue weighted by molar-refractivity contribution is -0.134. The molecule has 114 valence electrons. The lowest BCUT2D eigenvalue weighted by Crippen LogP contribution is -2.54. The first-order chi connectivity index (χ1) is 10.3. The molecule has 1 amide bonds. The zero-order chi connectivity index (χ0) is 14.7. The van der Waals surface area contributed by atoms with Crippen molar-refractivity contribution in [3.63, 3.8) is 0 Å². The third-order valence-electron chi connectivity index (χ3n) is 4.66. The van der Waals surface area contributed by atoms with Crippen molar-refractivity contribution in [2.24, 2.45) is 0 Å². The van der Waals surface area contributed by atoms with Crippen LogP contribution < -0.4 is 4.90 Å². The maximum Gasteiger partial charge on any atom is 0.242 e. The lowest BCUT2D eigenvalue weighted by Gasteiger charge is -2.40. The summed E-state index contributed by atoms with van der Waals surface area (Å²) >= 11 is 0. The van der Waals surface area contributed by atoms with Crippen LogP contribution in [0.4, 0.5) is 5.95 Å². The minimum Gasteiger partial charge on any atom is -0.336 e. The van der Waals surface area contributed by atoms with Crippen molar-refractivity contribution < 1.29 is 4.79 Å². The van der Waals surface area contributed by atoms with E-state index >= 15 is 0 Å². The second-order valence-electron chi connectivity index (χ2n) is 6.05. The van der Waals surface area contributed by atoms with Gasteiger partial charge < -0.3 is 9.80 Å². The molecule has 5 heteroatoms. The van der Waals surface area contributed by atoms with Crippen molar-refractivity contribution >= 4 is 11.9 Å². The van der Waals surface area contributed by atoms with Crippen LogP contribution in [0.2, 0.25) is 0 Å². The van der Waals surface area contributed by atoms with Gasteiger partial charge in [-0.3, -0.25) is 4.79 Å². The van der Waals surface area contributed by atoms with Crippen LogP contribution in [0.3, 0.4) is 0 Å². The smallest absolute Gasteiger partial charge is 0.242 e. The highest BCUT2D eigenvalue weighted by Crippen LogP contribution is 2.24. The Kier molecular flexibility index (Phi) is 4.36. The topological polar surface area (TPSA) is 49.3 Å². The summed E-state index contributed by atoms with van der Waals surface area (Å²) in [6.45, 7) is 4.16. The Balaban J connectivity index is 1.62. The maximum absolute atomic E-state index is 12.4. The first-order valence-electron chi connectivity index (χ1n) is 8.13. The van der Waals surface area contributed by atoms with Gasteiger partial charge in [-0.25, -0.2) is 9.97 Å². The van der Waals surface area contributed by atoms with Gasteiger partial charge in [0, 0.05) is 31.5 Å². The van der Waals surface area contributed by atoms with Gasteiger partial charge in [-0.1, -0.05) is 26.2 Å². The van der Waals surface area contributed by atoms with E-state index < -0.39 is 0 Å². The highest BCUT2D eigenvalue weighted by Gasteiger charge is 2.31. The van der Waals surface area contributed by atoms with Crippen LogP contribution in [0.25, 0.3) is 0 Å². The van der Waals surface area contributed by atoms with E-state index in [4.69, 9.17) is 0 Å². The molecule has 5 nitrogen and oxygen atoms in total. The van der Waals surface area contributed by atoms with Crippen LogP contribution in [0, 0.1) is 0 Å². The van der Waals surface area contributed by atoms with Crippen LogP contribution in [-0.2, 0) is 11.2 Å². The molecule has 1 aromatic rings. The fourth-order valence-corrected chi connectivity index (χ4v) is 3.33. The van der Waals surface area contributed by atoms with E-state index in [1.807, 2.05) is 17.3 Å².